The Balaban J connectivity index is 1.05. The van der Waals surface area contributed by atoms with Gasteiger partial charge in [-0.15, -0.1) is 0 Å². The quantitative estimate of drug-likeness (QED) is 0.0416. The molecule has 67 heavy (non-hydrogen) atoms. The number of fused-ring (bicyclic) bond motifs is 1. The van der Waals surface area contributed by atoms with E-state index in [0.29, 0.717) is 54.9 Å². The molecule has 1 amide bonds. The predicted molar refractivity (Wildman–Crippen MR) is 253 cm³/mol. The van der Waals surface area contributed by atoms with Crippen molar-refractivity contribution in [3.63, 3.8) is 0 Å². The molecule has 0 spiro atoms. The van der Waals surface area contributed by atoms with E-state index in [4.69, 9.17) is 25.6 Å². The molecule has 21 heteroatoms. The second kappa shape index (κ2) is 20.1. The van der Waals surface area contributed by atoms with Gasteiger partial charge < -0.3 is 34.0 Å². The van der Waals surface area contributed by atoms with Crippen molar-refractivity contribution in [2.75, 3.05) is 62.7 Å². The van der Waals surface area contributed by atoms with E-state index in [1.165, 1.54) is 51.9 Å². The number of pyridine rings is 1. The number of nitrogens with one attached hydrogen (secondary N) is 2. The molecule has 3 aromatic carbocycles. The molecular formula is C46H53ClN7O11PS. The minimum atomic E-state index is -4.88. The van der Waals surface area contributed by atoms with E-state index in [-0.39, 0.29) is 34.1 Å². The number of phosphoric acid groups is 1. The second-order valence-corrected chi connectivity index (χ2v) is 21.3. The molecule has 1 aliphatic carbocycles. The predicted octanol–water partition coefficient (Wildman–Crippen LogP) is 8.15. The maximum atomic E-state index is 14.1. The summed E-state index contributed by atoms with van der Waals surface area (Å²) in [5, 5.41) is 15.9. The van der Waals surface area contributed by atoms with Crippen molar-refractivity contribution in [1.82, 2.24) is 19.2 Å². The number of carbonyl (C=O) groups is 1. The van der Waals surface area contributed by atoms with Crippen LogP contribution >= 0.6 is 19.4 Å². The number of phosphoric ester groups is 1. The molecular weight excluding hydrogens is 925 g/mol. The smallest absolute Gasteiger partial charge is 0.455 e. The number of aromatic nitrogens is 2. The van der Waals surface area contributed by atoms with Crippen LogP contribution in [0.2, 0.25) is 5.02 Å². The first-order chi connectivity index (χ1) is 31.9. The Morgan fingerprint density at radius 1 is 1.01 bits per heavy atom. The Morgan fingerprint density at radius 2 is 1.76 bits per heavy atom. The lowest BCUT2D eigenvalue weighted by molar-refractivity contribution is -0.384. The maximum Gasteiger partial charge on any atom is 0.471 e. The molecule has 3 aromatic rings. The summed E-state index contributed by atoms with van der Waals surface area (Å²) in [5.41, 5.74) is 4.89. The number of hydrogen-bond donors (Lipinski definition) is 4. The third-order valence-electron chi connectivity index (χ3n) is 12.5. The van der Waals surface area contributed by atoms with Gasteiger partial charge in [-0.2, -0.15) is 0 Å². The third-order valence-corrected chi connectivity index (χ3v) is 14.6. The molecule has 356 valence electrons. The van der Waals surface area contributed by atoms with Gasteiger partial charge in [0.2, 0.25) is 0 Å². The average molecular weight is 978 g/mol. The Morgan fingerprint density at radius 3 is 2.48 bits per heavy atom. The van der Waals surface area contributed by atoms with Crippen molar-refractivity contribution < 1.29 is 46.5 Å². The standard InChI is InChI=1S/C46H53ClN7O11PS/c1-46(2)15-11-34(40(26-46)32-3-5-35(47)6-4-32)28-51-17-19-52(20-18-51)36-7-9-39(43(24-36)65-37-23-33-12-16-48-44(33)53(29-37)30-64-66(58,59)60)45(55)50-67(61,62)38-8-10-41(42(25-38)54(56)57)49-27-31-13-21-63-22-14-31/h3-10,12,16,23-25,29,31,49H,11,13-15,17-22,26-28,30H2,1-2H3,(H,50,55)(H2,58,59,60). The molecule has 0 saturated carbocycles. The fourth-order valence-corrected chi connectivity index (χ4v) is 10.2. The molecule has 4 aliphatic heterocycles. The van der Waals surface area contributed by atoms with Crippen LogP contribution in [0.3, 0.4) is 0 Å². The van der Waals surface area contributed by atoms with Crippen LogP contribution in [-0.4, -0.2) is 96.0 Å². The molecule has 0 radical (unpaired) electrons. The molecule has 0 aromatic heterocycles. The van der Waals surface area contributed by atoms with E-state index in [1.54, 1.807) is 24.3 Å². The summed E-state index contributed by atoms with van der Waals surface area (Å²) in [6.07, 6.45) is 7.53. The van der Waals surface area contributed by atoms with Crippen LogP contribution in [0.4, 0.5) is 17.1 Å². The third kappa shape index (κ3) is 12.0. The molecule has 2 fully saturated rings. The molecule has 0 atom stereocenters. The number of amides is 1. The van der Waals surface area contributed by atoms with Crippen molar-refractivity contribution in [2.45, 2.75) is 57.6 Å². The molecule has 18 nitrogen and oxygen atoms in total. The fraction of sp³-hybridized carbons (Fsp3) is 0.391. The lowest BCUT2D eigenvalue weighted by Gasteiger charge is -2.39. The SMILES string of the molecule is CC1(C)CCC(CN2CCN(c3ccc(C(=O)NS(=O)(=O)c4ccc(NCC5CCOCC5)c([N+](=O)[O-])c4)c(Oc4cc5ccnc-5n(COP(=O)(O)O)c4)c3)CC2)=C(c2ccc(Cl)cc2)C1. The van der Waals surface area contributed by atoms with Gasteiger partial charge in [-0.25, -0.2) is 22.7 Å². The number of allylic oxidation sites excluding steroid dienone is 1. The summed E-state index contributed by atoms with van der Waals surface area (Å²) in [6, 6.07) is 19.5. The number of hydrogen-bond acceptors (Lipinski definition) is 13. The van der Waals surface area contributed by atoms with E-state index in [1.807, 2.05) is 12.1 Å². The van der Waals surface area contributed by atoms with E-state index >= 15 is 0 Å². The first-order valence-electron chi connectivity index (χ1n) is 22.0. The summed E-state index contributed by atoms with van der Waals surface area (Å²) in [6.45, 7) is 9.24. The number of ether oxygens (including phenoxy) is 2. The van der Waals surface area contributed by atoms with Crippen LogP contribution in [-0.2, 0) is 30.6 Å². The number of halogens is 1. The summed E-state index contributed by atoms with van der Waals surface area (Å²) in [7, 11) is -9.55. The van der Waals surface area contributed by atoms with Crippen molar-refractivity contribution in [3.05, 3.63) is 117 Å². The first-order valence-corrected chi connectivity index (χ1v) is 25.4. The van der Waals surface area contributed by atoms with Crippen LogP contribution in [0.5, 0.6) is 11.5 Å². The lowest BCUT2D eigenvalue weighted by Crippen LogP contribution is -2.47. The van der Waals surface area contributed by atoms with E-state index in [0.717, 1.165) is 57.8 Å². The lowest BCUT2D eigenvalue weighted by atomic mass is 9.72. The van der Waals surface area contributed by atoms with Crippen molar-refractivity contribution >= 4 is 58.0 Å². The van der Waals surface area contributed by atoms with E-state index in [9.17, 15) is 37.7 Å². The average Bonchev–Trinajstić information content (AvgIpc) is 3.77. The number of piperazine rings is 1. The van der Waals surface area contributed by atoms with Crippen molar-refractivity contribution in [2.24, 2.45) is 11.3 Å². The van der Waals surface area contributed by atoms with Crippen LogP contribution in [0.25, 0.3) is 17.0 Å². The number of nitro groups is 1. The number of nitro benzene ring substituents is 1. The normalized spacial score (nSPS) is 17.4. The van der Waals surface area contributed by atoms with Crippen LogP contribution in [0.15, 0.2) is 95.7 Å². The van der Waals surface area contributed by atoms with E-state index in [2.05, 4.69) is 50.8 Å². The highest BCUT2D eigenvalue weighted by molar-refractivity contribution is 7.90. The Hall–Kier alpha value is -5.37. The van der Waals surface area contributed by atoms with Gasteiger partial charge in [0.1, 0.15) is 29.7 Å². The van der Waals surface area contributed by atoms with Gasteiger partial charge in [-0.3, -0.25) is 24.3 Å². The van der Waals surface area contributed by atoms with Crippen molar-refractivity contribution in [1.29, 1.82) is 0 Å². The van der Waals surface area contributed by atoms with Gasteiger partial charge in [0.05, 0.1) is 21.6 Å². The largest absolute Gasteiger partial charge is 0.471 e. The molecule has 4 heterocycles. The van der Waals surface area contributed by atoms with Gasteiger partial charge in [0, 0.05) is 87.1 Å². The van der Waals surface area contributed by atoms with E-state index < -0.39 is 46.0 Å². The Bertz CT molecular complexity index is 2780. The minimum Gasteiger partial charge on any atom is -0.455 e. The molecule has 0 bridgehead atoms. The second-order valence-electron chi connectivity index (χ2n) is 17.9. The number of benzene rings is 3. The summed E-state index contributed by atoms with van der Waals surface area (Å²) in [5.74, 6) is -0.408. The van der Waals surface area contributed by atoms with Gasteiger partial charge in [-0.1, -0.05) is 43.2 Å². The fourth-order valence-electron chi connectivity index (χ4n) is 8.81. The zero-order chi connectivity index (χ0) is 47.5. The maximum absolute atomic E-state index is 14.1. The molecule has 4 N–H and O–H groups in total. The number of carbonyl (C=O) groups excluding carboxylic acids is 1. The number of rotatable bonds is 16. The van der Waals surface area contributed by atoms with Gasteiger partial charge in [-0.05, 0) is 103 Å². The molecule has 2 saturated heterocycles. The Labute approximate surface area is 393 Å². The highest BCUT2D eigenvalue weighted by atomic mass is 35.5. The van der Waals surface area contributed by atoms with Crippen LogP contribution < -0.4 is 19.7 Å². The molecule has 8 rings (SSSR count). The summed E-state index contributed by atoms with van der Waals surface area (Å²) >= 11 is 6.24. The van der Waals surface area contributed by atoms with Crippen LogP contribution in [0, 0.1) is 21.4 Å². The summed E-state index contributed by atoms with van der Waals surface area (Å²) < 4.78 is 59.1. The number of nitrogens with zero attached hydrogens (tertiary/aromatic N) is 5. The van der Waals surface area contributed by atoms with Gasteiger partial charge >= 0.3 is 7.82 Å². The summed E-state index contributed by atoms with van der Waals surface area (Å²) in [4.78, 5) is 52.7. The van der Waals surface area contributed by atoms with Crippen LogP contribution in [0.1, 0.15) is 61.9 Å². The van der Waals surface area contributed by atoms with Gasteiger partial charge in [0.25, 0.3) is 21.6 Å². The topological polar surface area (TPSA) is 228 Å². The highest BCUT2D eigenvalue weighted by Crippen LogP contribution is 2.44. The minimum absolute atomic E-state index is 0.0322. The Kier molecular flexibility index (Phi) is 14.4. The van der Waals surface area contributed by atoms with Crippen molar-refractivity contribution in [3.8, 4) is 22.9 Å². The number of anilines is 2. The highest BCUT2D eigenvalue weighted by Gasteiger charge is 2.31. The number of sulfonamides is 1. The molecule has 0 unspecified atom stereocenters. The first kappa shape index (κ1) is 48.1. The molecule has 5 aliphatic rings. The van der Waals surface area contributed by atoms with Gasteiger partial charge in [0.15, 0.2) is 0 Å². The zero-order valence-corrected chi connectivity index (χ0v) is 39.6. The monoisotopic (exact) mass is 977 g/mol. The zero-order valence-electron chi connectivity index (χ0n) is 37.1.